The highest BCUT2D eigenvalue weighted by Crippen LogP contribution is 2.33. The molecule has 5 nitrogen and oxygen atoms in total. The van der Waals surface area contributed by atoms with Gasteiger partial charge < -0.3 is 10.1 Å². The van der Waals surface area contributed by atoms with Gasteiger partial charge in [0, 0.05) is 16.6 Å². The Kier molecular flexibility index (Phi) is 7.63. The molecule has 7 heteroatoms. The second kappa shape index (κ2) is 10.6. The number of piperidine rings is 1. The Morgan fingerprint density at radius 2 is 1.90 bits per heavy atom. The van der Waals surface area contributed by atoms with Crippen LogP contribution in [-0.4, -0.2) is 30.3 Å². The number of anilines is 1. The zero-order valence-electron chi connectivity index (χ0n) is 17.2. The van der Waals surface area contributed by atoms with Crippen molar-refractivity contribution in [1.29, 1.82) is 0 Å². The molecule has 2 fully saturated rings. The molecular weight excluding hydrogens is 418 g/mol. The van der Waals surface area contributed by atoms with Crippen molar-refractivity contribution in [3.63, 3.8) is 0 Å². The summed E-state index contributed by atoms with van der Waals surface area (Å²) < 4.78 is 6.01. The highest BCUT2D eigenvalue weighted by atomic mass is 35.5. The number of amides is 1. The summed E-state index contributed by atoms with van der Waals surface area (Å²) in [6.07, 6.45) is 9.33. The average molecular weight is 448 g/mol. The normalized spacial score (nSPS) is 19.4. The molecule has 1 aliphatic carbocycles. The lowest BCUT2D eigenvalue weighted by molar-refractivity contribution is 0.0387. The predicted octanol–water partition coefficient (Wildman–Crippen LogP) is 6.35. The van der Waals surface area contributed by atoms with E-state index in [1.54, 1.807) is 0 Å². The van der Waals surface area contributed by atoms with E-state index < -0.39 is 0 Å². The van der Waals surface area contributed by atoms with Crippen molar-refractivity contribution in [2.45, 2.75) is 57.5 Å². The molecule has 30 heavy (non-hydrogen) atoms. The van der Waals surface area contributed by atoms with Crippen LogP contribution in [0, 0.1) is 11.8 Å². The molecule has 1 aliphatic heterocycles. The molecule has 1 atom stereocenters. The molecule has 2 aromatic rings. The molecule has 1 saturated heterocycles. The summed E-state index contributed by atoms with van der Waals surface area (Å²) in [5, 5.41) is 9.51. The van der Waals surface area contributed by atoms with Crippen molar-refractivity contribution in [1.82, 2.24) is 10.3 Å². The van der Waals surface area contributed by atoms with Gasteiger partial charge >= 0.3 is 6.09 Å². The van der Waals surface area contributed by atoms with Crippen LogP contribution in [0.3, 0.4) is 0 Å². The Morgan fingerprint density at radius 1 is 1.17 bits per heavy atom. The summed E-state index contributed by atoms with van der Waals surface area (Å²) in [6, 6.07) is 7.65. The highest BCUT2D eigenvalue weighted by molar-refractivity contribution is 7.13. The Labute approximate surface area is 187 Å². The summed E-state index contributed by atoms with van der Waals surface area (Å²) in [5.74, 6) is 1.15. The van der Waals surface area contributed by atoms with E-state index in [0.717, 1.165) is 48.6 Å². The topological polar surface area (TPSA) is 63.2 Å². The smallest absolute Gasteiger partial charge is 0.411 e. The van der Waals surface area contributed by atoms with Crippen molar-refractivity contribution in [3.8, 4) is 10.6 Å². The first-order valence-electron chi connectivity index (χ1n) is 11.1. The first-order valence-corrected chi connectivity index (χ1v) is 12.3. The van der Waals surface area contributed by atoms with Gasteiger partial charge in [-0.2, -0.15) is 0 Å². The molecule has 0 bridgehead atoms. The number of carbonyl (C=O) groups excluding carboxylic acids is 1. The molecule has 4 rings (SSSR count). The number of halogens is 1. The van der Waals surface area contributed by atoms with Gasteiger partial charge in [0.25, 0.3) is 0 Å². The maximum absolute atomic E-state index is 12.7. The van der Waals surface area contributed by atoms with Crippen LogP contribution >= 0.6 is 22.9 Å². The van der Waals surface area contributed by atoms with Gasteiger partial charge in [0.15, 0.2) is 0 Å². The van der Waals surface area contributed by atoms with E-state index in [1.807, 2.05) is 29.6 Å². The van der Waals surface area contributed by atoms with E-state index in [-0.39, 0.29) is 12.2 Å². The van der Waals surface area contributed by atoms with Gasteiger partial charge in [-0.25, -0.2) is 9.78 Å². The van der Waals surface area contributed by atoms with Crippen LogP contribution in [0.15, 0.2) is 29.6 Å². The fourth-order valence-corrected chi connectivity index (χ4v) is 5.62. The number of thiazole rings is 1. The number of nitrogens with one attached hydrogen (secondary N) is 2. The molecule has 1 aromatic heterocycles. The number of ether oxygens (including phenoxy) is 1. The van der Waals surface area contributed by atoms with Gasteiger partial charge in [-0.05, 0) is 68.5 Å². The van der Waals surface area contributed by atoms with Gasteiger partial charge in [-0.3, -0.25) is 5.32 Å². The third-order valence-electron chi connectivity index (χ3n) is 6.31. The van der Waals surface area contributed by atoms with E-state index in [0.29, 0.717) is 17.0 Å². The first kappa shape index (κ1) is 21.6. The van der Waals surface area contributed by atoms with Crippen LogP contribution in [0.25, 0.3) is 10.6 Å². The molecule has 0 radical (unpaired) electrons. The third-order valence-corrected chi connectivity index (χ3v) is 7.53. The molecule has 0 spiro atoms. The van der Waals surface area contributed by atoms with E-state index >= 15 is 0 Å². The largest absolute Gasteiger partial charge is 0.446 e. The Bertz CT molecular complexity index is 814. The van der Waals surface area contributed by atoms with Crippen molar-refractivity contribution < 1.29 is 9.53 Å². The van der Waals surface area contributed by atoms with Crippen LogP contribution in [0.5, 0.6) is 0 Å². The minimum absolute atomic E-state index is 0.00642. The summed E-state index contributed by atoms with van der Waals surface area (Å²) in [6.45, 7) is 2.03. The lowest BCUT2D eigenvalue weighted by atomic mass is 9.80. The fourth-order valence-electron chi connectivity index (χ4n) is 4.67. The van der Waals surface area contributed by atoms with E-state index in [9.17, 15) is 4.79 Å². The monoisotopic (exact) mass is 447 g/mol. The SMILES string of the molecule is O=C(Nc1ccc(-c2nc(Cl)cs2)cc1)OC(CC1CCCCC1)C1CCNCC1. The molecule has 2 aliphatic rings. The van der Waals surface area contributed by atoms with E-state index in [1.165, 1.54) is 43.4 Å². The predicted molar refractivity (Wildman–Crippen MR) is 123 cm³/mol. The summed E-state index contributed by atoms with van der Waals surface area (Å²) in [5.41, 5.74) is 1.71. The van der Waals surface area contributed by atoms with E-state index in [4.69, 9.17) is 16.3 Å². The van der Waals surface area contributed by atoms with Crippen LogP contribution in [-0.2, 0) is 4.74 Å². The van der Waals surface area contributed by atoms with Crippen molar-refractivity contribution >= 4 is 34.7 Å². The van der Waals surface area contributed by atoms with Crippen LogP contribution in [0.4, 0.5) is 10.5 Å². The van der Waals surface area contributed by atoms with Crippen molar-refractivity contribution in [3.05, 3.63) is 34.8 Å². The minimum atomic E-state index is -0.348. The lowest BCUT2D eigenvalue weighted by Crippen LogP contribution is -2.38. The molecular formula is C23H30ClN3O2S. The molecule has 1 saturated carbocycles. The number of carbonyl (C=O) groups is 1. The zero-order chi connectivity index (χ0) is 20.8. The van der Waals surface area contributed by atoms with Crippen molar-refractivity contribution in [2.75, 3.05) is 18.4 Å². The Balaban J connectivity index is 1.36. The molecule has 1 unspecified atom stereocenters. The summed E-state index contributed by atoms with van der Waals surface area (Å²) in [7, 11) is 0. The van der Waals surface area contributed by atoms with Crippen LogP contribution in [0.2, 0.25) is 5.15 Å². The number of nitrogens with zero attached hydrogens (tertiary/aromatic N) is 1. The Morgan fingerprint density at radius 3 is 2.57 bits per heavy atom. The molecule has 2 heterocycles. The minimum Gasteiger partial charge on any atom is -0.446 e. The van der Waals surface area contributed by atoms with Gasteiger partial charge in [0.1, 0.15) is 16.3 Å². The quantitative estimate of drug-likeness (QED) is 0.541. The number of hydrogen-bond acceptors (Lipinski definition) is 5. The fraction of sp³-hybridized carbons (Fsp3) is 0.565. The van der Waals surface area contributed by atoms with Gasteiger partial charge in [-0.1, -0.05) is 43.7 Å². The second-order valence-electron chi connectivity index (χ2n) is 8.45. The van der Waals surface area contributed by atoms with Gasteiger partial charge in [0.2, 0.25) is 0 Å². The molecule has 2 N–H and O–H groups in total. The first-order chi connectivity index (χ1) is 14.7. The Hall–Kier alpha value is -1.63. The number of benzene rings is 1. The third kappa shape index (κ3) is 5.96. The summed E-state index contributed by atoms with van der Waals surface area (Å²) in [4.78, 5) is 17.0. The molecule has 1 amide bonds. The maximum Gasteiger partial charge on any atom is 0.411 e. The number of hydrogen-bond donors (Lipinski definition) is 2. The van der Waals surface area contributed by atoms with Gasteiger partial charge in [-0.15, -0.1) is 11.3 Å². The maximum atomic E-state index is 12.7. The van der Waals surface area contributed by atoms with Crippen molar-refractivity contribution in [2.24, 2.45) is 11.8 Å². The average Bonchev–Trinajstić information content (AvgIpc) is 3.21. The van der Waals surface area contributed by atoms with Crippen LogP contribution in [0.1, 0.15) is 51.4 Å². The lowest BCUT2D eigenvalue weighted by Gasteiger charge is -2.33. The zero-order valence-corrected chi connectivity index (χ0v) is 18.8. The number of aromatic nitrogens is 1. The highest BCUT2D eigenvalue weighted by Gasteiger charge is 2.30. The summed E-state index contributed by atoms with van der Waals surface area (Å²) >= 11 is 7.42. The van der Waals surface area contributed by atoms with E-state index in [2.05, 4.69) is 15.6 Å². The number of rotatable bonds is 6. The van der Waals surface area contributed by atoms with Crippen LogP contribution < -0.4 is 10.6 Å². The molecule has 162 valence electrons. The molecule has 1 aromatic carbocycles. The van der Waals surface area contributed by atoms with Gasteiger partial charge in [0.05, 0.1) is 0 Å². The second-order valence-corrected chi connectivity index (χ2v) is 9.69. The standard InChI is InChI=1S/C23H30ClN3O2S/c24-21-15-30-22(27-21)18-6-8-19(9-7-18)26-23(28)29-20(17-10-12-25-13-11-17)14-16-4-2-1-3-5-16/h6-9,15-17,20,25H,1-5,10-14H2,(H,26,28).